The first-order valence-corrected chi connectivity index (χ1v) is 1.60. The van der Waals surface area contributed by atoms with E-state index in [0.717, 1.165) is 0 Å². The van der Waals surface area contributed by atoms with E-state index >= 15 is 0 Å². The molecule has 0 saturated heterocycles. The molecule has 0 aliphatic rings. The van der Waals surface area contributed by atoms with Gasteiger partial charge in [0.15, 0.2) is 0 Å². The monoisotopic (exact) mass is 101 g/mol. The van der Waals surface area contributed by atoms with Crippen LogP contribution in [0.4, 0.5) is 0 Å². The summed E-state index contributed by atoms with van der Waals surface area (Å²) in [6, 6.07) is 1.75. The highest BCUT2D eigenvalue weighted by Gasteiger charge is 1.44. The van der Waals surface area contributed by atoms with Crippen molar-refractivity contribution < 1.29 is 9.53 Å². The number of rotatable bonds is 1. The number of ether oxygens (including phenoxy) is 1. The second-order valence-electron chi connectivity index (χ2n) is 0.556. The van der Waals surface area contributed by atoms with Crippen LogP contribution in [0.1, 0.15) is 6.92 Å². The zero-order valence-electron chi connectivity index (χ0n) is 4.34. The molecule has 3 nitrogen and oxygen atoms in total. The summed E-state index contributed by atoms with van der Waals surface area (Å²) in [5, 5.41) is 7.32. The summed E-state index contributed by atoms with van der Waals surface area (Å²) in [6.45, 7) is 1.81. The third kappa shape index (κ3) is 27200. The smallest absolute Gasteiger partial charge is 0.292 e. The van der Waals surface area contributed by atoms with Crippen molar-refractivity contribution in [3.8, 4) is 6.07 Å². The maximum atomic E-state index is 8.95. The van der Waals surface area contributed by atoms with E-state index in [1.54, 1.807) is 6.07 Å². The van der Waals surface area contributed by atoms with Gasteiger partial charge < -0.3 is 4.74 Å². The lowest BCUT2D eigenvalue weighted by Gasteiger charge is -1.67. The number of nitrogens with zero attached hydrogens (tertiary/aromatic N) is 1. The normalized spacial score (nSPS) is 4.14. The maximum Gasteiger partial charge on any atom is 0.292 e. The van der Waals surface area contributed by atoms with Crippen molar-refractivity contribution in [2.45, 2.75) is 6.92 Å². The molecule has 0 amide bonds. The standard InChI is InChI=1S/C2H3N.C2H4O2/c1-2-3;1-4-2-3/h1H3;2H,1H3. The molecule has 0 spiro atoms. The molecule has 0 heterocycles. The zero-order chi connectivity index (χ0) is 6.12. The predicted molar refractivity (Wildman–Crippen MR) is 24.4 cm³/mol. The van der Waals surface area contributed by atoms with Crippen LogP contribution in [0.3, 0.4) is 0 Å². The Balaban J connectivity index is 0. The predicted octanol–water partition coefficient (Wildman–Crippen LogP) is 0.319. The molecule has 0 N–H and O–H groups in total. The molecule has 7 heavy (non-hydrogen) atoms. The topological polar surface area (TPSA) is 50.1 Å². The van der Waals surface area contributed by atoms with Crippen LogP contribution < -0.4 is 0 Å². The van der Waals surface area contributed by atoms with Crippen LogP contribution in [0.5, 0.6) is 0 Å². The van der Waals surface area contributed by atoms with Gasteiger partial charge in [0.1, 0.15) is 0 Å². The molecular weight excluding hydrogens is 94.0 g/mol. The van der Waals surface area contributed by atoms with Crippen molar-refractivity contribution in [1.29, 1.82) is 5.26 Å². The first-order valence-electron chi connectivity index (χ1n) is 1.60. The van der Waals surface area contributed by atoms with E-state index in [4.69, 9.17) is 10.1 Å². The van der Waals surface area contributed by atoms with Crippen molar-refractivity contribution in [2.24, 2.45) is 0 Å². The molecule has 0 radical (unpaired) electrons. The molecule has 0 atom stereocenters. The van der Waals surface area contributed by atoms with Crippen LogP contribution in [0.15, 0.2) is 0 Å². The molecule has 0 bridgehead atoms. The Bertz CT molecular complexity index is 64.6. The summed E-state index contributed by atoms with van der Waals surface area (Å²) in [4.78, 5) is 8.95. The van der Waals surface area contributed by atoms with Gasteiger partial charge in [-0.25, -0.2) is 0 Å². The second-order valence-corrected chi connectivity index (χ2v) is 0.556. The number of carbonyl (C=O) groups is 1. The number of hydrogen-bond acceptors (Lipinski definition) is 3. The molecule has 0 rings (SSSR count). The van der Waals surface area contributed by atoms with Crippen LogP contribution >= 0.6 is 0 Å². The zero-order valence-corrected chi connectivity index (χ0v) is 4.34. The minimum atomic E-state index is 0.375. The van der Waals surface area contributed by atoms with Gasteiger partial charge >= 0.3 is 0 Å². The fraction of sp³-hybridized carbons (Fsp3) is 0.500. The van der Waals surface area contributed by atoms with Gasteiger partial charge in [0.25, 0.3) is 6.47 Å². The van der Waals surface area contributed by atoms with E-state index in [0.29, 0.717) is 6.47 Å². The largest absolute Gasteiger partial charge is 0.471 e. The van der Waals surface area contributed by atoms with E-state index in [1.807, 2.05) is 0 Å². The Morgan fingerprint density at radius 3 is 2.00 bits per heavy atom. The third-order valence-electron chi connectivity index (χ3n) is 0.0962. The lowest BCUT2D eigenvalue weighted by molar-refractivity contribution is -0.126. The van der Waals surface area contributed by atoms with Crippen LogP contribution in [0.2, 0.25) is 0 Å². The van der Waals surface area contributed by atoms with E-state index in [-0.39, 0.29) is 0 Å². The number of hydrogen-bond donors (Lipinski definition) is 0. The van der Waals surface area contributed by atoms with Gasteiger partial charge in [-0.1, -0.05) is 0 Å². The Kier molecular flexibility index (Phi) is 27.0. The quantitative estimate of drug-likeness (QED) is 0.447. The number of carbonyl (C=O) groups excluding carboxylic acids is 1. The summed E-state index contributed by atoms with van der Waals surface area (Å²) in [5.41, 5.74) is 0. The van der Waals surface area contributed by atoms with Crippen molar-refractivity contribution in [2.75, 3.05) is 7.11 Å². The van der Waals surface area contributed by atoms with Crippen LogP contribution in [0, 0.1) is 11.3 Å². The second kappa shape index (κ2) is 20.2. The fourth-order valence-corrected chi connectivity index (χ4v) is 0. The molecule has 3 heteroatoms. The third-order valence-corrected chi connectivity index (χ3v) is 0.0962. The van der Waals surface area contributed by atoms with E-state index in [2.05, 4.69) is 4.74 Å². The fourth-order valence-electron chi connectivity index (χ4n) is 0. The summed E-state index contributed by atoms with van der Waals surface area (Å²) < 4.78 is 3.86. The van der Waals surface area contributed by atoms with Crippen LogP contribution in [-0.4, -0.2) is 13.6 Å². The minimum Gasteiger partial charge on any atom is -0.471 e. The molecule has 0 aromatic heterocycles. The van der Waals surface area contributed by atoms with Gasteiger partial charge in [0.05, 0.1) is 13.2 Å². The first-order chi connectivity index (χ1) is 3.33. The lowest BCUT2D eigenvalue weighted by atomic mass is 11.0. The summed E-state index contributed by atoms with van der Waals surface area (Å²) in [5.74, 6) is 0. The van der Waals surface area contributed by atoms with E-state index in [9.17, 15) is 0 Å². The molecule has 0 unspecified atom stereocenters. The van der Waals surface area contributed by atoms with Crippen molar-refractivity contribution in [3.63, 3.8) is 0 Å². The van der Waals surface area contributed by atoms with Gasteiger partial charge in [-0.15, -0.1) is 0 Å². The molecule has 0 fully saturated rings. The SMILES string of the molecule is CC#N.COC=O. The van der Waals surface area contributed by atoms with Gasteiger partial charge in [0, 0.05) is 6.92 Å². The highest BCUT2D eigenvalue weighted by atomic mass is 16.5. The lowest BCUT2D eigenvalue weighted by Crippen LogP contribution is -1.68. The molecule has 0 aromatic rings. The van der Waals surface area contributed by atoms with Gasteiger partial charge in [-0.05, 0) is 0 Å². The number of methoxy groups -OCH3 is 1. The summed E-state index contributed by atoms with van der Waals surface area (Å²) in [7, 11) is 1.31. The Hall–Kier alpha value is -1.04. The van der Waals surface area contributed by atoms with Crippen molar-refractivity contribution in [3.05, 3.63) is 0 Å². The highest BCUT2D eigenvalue weighted by Crippen LogP contribution is 1.35. The van der Waals surface area contributed by atoms with E-state index < -0.39 is 0 Å². The molecule has 0 aromatic carbocycles. The van der Waals surface area contributed by atoms with Gasteiger partial charge in [-0.3, -0.25) is 4.79 Å². The Morgan fingerprint density at radius 2 is 2.00 bits per heavy atom. The molecular formula is C4H7NO2. The Morgan fingerprint density at radius 1 is 1.86 bits per heavy atom. The number of nitriles is 1. The van der Waals surface area contributed by atoms with E-state index in [1.165, 1.54) is 14.0 Å². The summed E-state index contributed by atoms with van der Waals surface area (Å²) >= 11 is 0. The molecule has 40 valence electrons. The Labute approximate surface area is 42.5 Å². The van der Waals surface area contributed by atoms with Gasteiger partial charge in [-0.2, -0.15) is 5.26 Å². The minimum absolute atomic E-state index is 0.375. The van der Waals surface area contributed by atoms with Crippen molar-refractivity contribution >= 4 is 6.47 Å². The maximum absolute atomic E-state index is 8.95. The molecule has 0 saturated carbocycles. The van der Waals surface area contributed by atoms with Crippen molar-refractivity contribution in [1.82, 2.24) is 0 Å². The van der Waals surface area contributed by atoms with Gasteiger partial charge in [0.2, 0.25) is 0 Å². The average Bonchev–Trinajstić information content (AvgIpc) is 1.69. The summed E-state index contributed by atoms with van der Waals surface area (Å²) in [6.07, 6.45) is 0. The first kappa shape index (κ1) is 9.35. The average molecular weight is 101 g/mol. The molecule has 0 aliphatic heterocycles. The highest BCUT2D eigenvalue weighted by molar-refractivity contribution is 5.36. The van der Waals surface area contributed by atoms with Crippen LogP contribution in [0.25, 0.3) is 0 Å². The molecule has 0 aliphatic carbocycles. The van der Waals surface area contributed by atoms with Crippen LogP contribution in [-0.2, 0) is 9.53 Å².